The molecular weight excluding hydrogens is 266 g/mol. The van der Waals surface area contributed by atoms with Gasteiger partial charge in [-0.25, -0.2) is 0 Å². The molecule has 0 unspecified atom stereocenters. The van der Waals surface area contributed by atoms with Gasteiger partial charge in [0.2, 0.25) is 0 Å². The van der Waals surface area contributed by atoms with Gasteiger partial charge < -0.3 is 19.8 Å². The van der Waals surface area contributed by atoms with E-state index in [9.17, 15) is 14.4 Å². The van der Waals surface area contributed by atoms with Crippen LogP contribution in [0.15, 0.2) is 24.3 Å². The third-order valence-corrected chi connectivity index (χ3v) is 2.55. The molecule has 7 heteroatoms. The predicted octanol–water partition coefficient (Wildman–Crippen LogP) is 0.697. The third kappa shape index (κ3) is 4.27. The number of para-hydroxylation sites is 1. The summed E-state index contributed by atoms with van der Waals surface area (Å²) in [6, 6.07) is 6.36. The van der Waals surface area contributed by atoms with E-state index in [0.717, 1.165) is 4.90 Å². The van der Waals surface area contributed by atoms with E-state index in [1.807, 2.05) is 0 Å². The van der Waals surface area contributed by atoms with Crippen molar-refractivity contribution in [2.75, 3.05) is 20.2 Å². The van der Waals surface area contributed by atoms with Crippen LogP contribution in [-0.4, -0.2) is 53.2 Å². The first-order valence-corrected chi connectivity index (χ1v) is 5.81. The van der Waals surface area contributed by atoms with Gasteiger partial charge in [-0.2, -0.15) is 0 Å². The van der Waals surface area contributed by atoms with Crippen molar-refractivity contribution in [3.8, 4) is 5.75 Å². The van der Waals surface area contributed by atoms with Crippen LogP contribution in [-0.2, 0) is 9.59 Å². The average molecular weight is 281 g/mol. The van der Waals surface area contributed by atoms with Crippen LogP contribution in [0.25, 0.3) is 0 Å². The molecule has 0 aliphatic rings. The predicted molar refractivity (Wildman–Crippen MR) is 68.8 cm³/mol. The lowest BCUT2D eigenvalue weighted by atomic mass is 10.1. The Balaban J connectivity index is 2.96. The molecule has 108 valence electrons. The third-order valence-electron chi connectivity index (χ3n) is 2.55. The van der Waals surface area contributed by atoms with Gasteiger partial charge in [-0.1, -0.05) is 12.1 Å². The Morgan fingerprint density at radius 1 is 1.15 bits per heavy atom. The van der Waals surface area contributed by atoms with Crippen LogP contribution >= 0.6 is 0 Å². The normalized spacial score (nSPS) is 9.85. The Morgan fingerprint density at radius 2 is 1.80 bits per heavy atom. The van der Waals surface area contributed by atoms with Crippen molar-refractivity contribution >= 4 is 17.8 Å². The van der Waals surface area contributed by atoms with Crippen LogP contribution in [0.2, 0.25) is 0 Å². The van der Waals surface area contributed by atoms with Gasteiger partial charge >= 0.3 is 11.9 Å². The molecule has 2 N–H and O–H groups in total. The molecule has 7 nitrogen and oxygen atoms in total. The van der Waals surface area contributed by atoms with Crippen molar-refractivity contribution in [2.45, 2.75) is 6.42 Å². The van der Waals surface area contributed by atoms with E-state index in [1.165, 1.54) is 13.2 Å². The van der Waals surface area contributed by atoms with Crippen molar-refractivity contribution in [3.63, 3.8) is 0 Å². The summed E-state index contributed by atoms with van der Waals surface area (Å²) >= 11 is 0. The summed E-state index contributed by atoms with van der Waals surface area (Å²) in [6.07, 6.45) is -0.325. The number of aliphatic carboxylic acids is 2. The number of rotatable bonds is 7. The van der Waals surface area contributed by atoms with Crippen molar-refractivity contribution in [1.82, 2.24) is 4.90 Å². The van der Waals surface area contributed by atoms with Crippen LogP contribution in [0.5, 0.6) is 5.75 Å². The maximum Gasteiger partial charge on any atom is 0.323 e. The number of nitrogens with zero attached hydrogens (tertiary/aromatic N) is 1. The Bertz CT molecular complexity index is 513. The van der Waals surface area contributed by atoms with Gasteiger partial charge in [-0.15, -0.1) is 0 Å². The summed E-state index contributed by atoms with van der Waals surface area (Å²) in [5.41, 5.74) is 0.196. The van der Waals surface area contributed by atoms with Gasteiger partial charge in [0.1, 0.15) is 12.3 Å². The maximum atomic E-state index is 12.3. The Hall–Kier alpha value is -2.57. The summed E-state index contributed by atoms with van der Waals surface area (Å²) < 4.78 is 5.04. The SMILES string of the molecule is COc1ccccc1C(=O)N(CCC(=O)O)CC(=O)O. The molecule has 1 rings (SSSR count). The van der Waals surface area contributed by atoms with Gasteiger partial charge in [0.05, 0.1) is 19.1 Å². The first kappa shape index (κ1) is 15.5. The van der Waals surface area contributed by atoms with E-state index in [4.69, 9.17) is 14.9 Å². The van der Waals surface area contributed by atoms with Gasteiger partial charge in [0.15, 0.2) is 0 Å². The van der Waals surface area contributed by atoms with Crippen molar-refractivity contribution < 1.29 is 29.3 Å². The van der Waals surface area contributed by atoms with Crippen LogP contribution < -0.4 is 4.74 Å². The lowest BCUT2D eigenvalue weighted by molar-refractivity contribution is -0.140. The molecule has 1 aromatic carbocycles. The molecule has 1 amide bonds. The summed E-state index contributed by atoms with van der Waals surface area (Å²) in [7, 11) is 1.39. The van der Waals surface area contributed by atoms with Gasteiger partial charge in [0.25, 0.3) is 5.91 Å². The fraction of sp³-hybridized carbons (Fsp3) is 0.308. The van der Waals surface area contributed by atoms with Crippen LogP contribution in [0.1, 0.15) is 16.8 Å². The van der Waals surface area contributed by atoms with Crippen molar-refractivity contribution in [3.05, 3.63) is 29.8 Å². The number of methoxy groups -OCH3 is 1. The van der Waals surface area contributed by atoms with E-state index in [1.54, 1.807) is 18.2 Å². The molecule has 0 saturated carbocycles. The van der Waals surface area contributed by atoms with Crippen molar-refractivity contribution in [2.24, 2.45) is 0 Å². The Morgan fingerprint density at radius 3 is 2.35 bits per heavy atom. The molecule has 0 spiro atoms. The molecule has 0 atom stereocenters. The number of carbonyl (C=O) groups excluding carboxylic acids is 1. The topological polar surface area (TPSA) is 104 Å². The summed E-state index contributed by atoms with van der Waals surface area (Å²) in [4.78, 5) is 34.6. The minimum absolute atomic E-state index is 0.182. The maximum absolute atomic E-state index is 12.3. The molecular formula is C13H15NO6. The number of hydrogen-bond donors (Lipinski definition) is 2. The van der Waals surface area contributed by atoms with Crippen LogP contribution in [0.4, 0.5) is 0 Å². The number of hydrogen-bond acceptors (Lipinski definition) is 4. The minimum Gasteiger partial charge on any atom is -0.496 e. The Labute approximate surface area is 115 Å². The second-order valence-electron chi connectivity index (χ2n) is 3.96. The van der Waals surface area contributed by atoms with Gasteiger partial charge in [-0.05, 0) is 12.1 Å². The molecule has 0 fully saturated rings. The summed E-state index contributed by atoms with van der Waals surface area (Å²) in [6.45, 7) is -0.747. The quantitative estimate of drug-likeness (QED) is 0.762. The number of benzene rings is 1. The molecule has 0 radical (unpaired) electrons. The molecule has 0 aliphatic heterocycles. The zero-order chi connectivity index (χ0) is 15.1. The van der Waals surface area contributed by atoms with E-state index in [2.05, 4.69) is 0 Å². The van der Waals surface area contributed by atoms with E-state index in [-0.39, 0.29) is 18.5 Å². The molecule has 0 aromatic heterocycles. The molecule has 0 saturated heterocycles. The molecule has 1 aromatic rings. The van der Waals surface area contributed by atoms with E-state index in [0.29, 0.717) is 5.75 Å². The molecule has 0 heterocycles. The van der Waals surface area contributed by atoms with Crippen LogP contribution in [0.3, 0.4) is 0 Å². The smallest absolute Gasteiger partial charge is 0.323 e. The van der Waals surface area contributed by atoms with Crippen LogP contribution in [0, 0.1) is 0 Å². The van der Waals surface area contributed by atoms with Crippen molar-refractivity contribution in [1.29, 1.82) is 0 Å². The second-order valence-corrected chi connectivity index (χ2v) is 3.96. The lowest BCUT2D eigenvalue weighted by Gasteiger charge is -2.20. The standard InChI is InChI=1S/C13H15NO6/c1-20-10-5-3-2-4-9(10)13(19)14(8-12(17)18)7-6-11(15)16/h2-5H,6-8H2,1H3,(H,15,16)(H,17,18). The first-order valence-electron chi connectivity index (χ1n) is 5.81. The number of carboxylic acid groups (broad SMARTS) is 2. The largest absolute Gasteiger partial charge is 0.496 e. The molecule has 20 heavy (non-hydrogen) atoms. The number of carboxylic acids is 2. The Kier molecular flexibility index (Phi) is 5.52. The van der Waals surface area contributed by atoms with E-state index >= 15 is 0 Å². The minimum atomic E-state index is -1.21. The fourth-order valence-corrected chi connectivity index (χ4v) is 1.64. The number of amides is 1. The zero-order valence-corrected chi connectivity index (χ0v) is 10.9. The fourth-order valence-electron chi connectivity index (χ4n) is 1.64. The average Bonchev–Trinajstić information content (AvgIpc) is 2.42. The molecule has 0 aliphatic carbocycles. The van der Waals surface area contributed by atoms with Gasteiger partial charge in [-0.3, -0.25) is 14.4 Å². The first-order chi connectivity index (χ1) is 9.45. The highest BCUT2D eigenvalue weighted by atomic mass is 16.5. The summed E-state index contributed by atoms with van der Waals surface area (Å²) in [5.74, 6) is -2.58. The monoisotopic (exact) mass is 281 g/mol. The zero-order valence-electron chi connectivity index (χ0n) is 10.9. The number of ether oxygens (including phenoxy) is 1. The summed E-state index contributed by atoms with van der Waals surface area (Å²) in [5, 5.41) is 17.4. The van der Waals surface area contributed by atoms with Gasteiger partial charge in [0, 0.05) is 6.54 Å². The molecule has 0 bridgehead atoms. The van der Waals surface area contributed by atoms with E-state index < -0.39 is 24.4 Å². The highest BCUT2D eigenvalue weighted by molar-refractivity contribution is 5.98. The second kappa shape index (κ2) is 7.13. The number of carbonyl (C=O) groups is 3. The lowest BCUT2D eigenvalue weighted by Crippen LogP contribution is -2.37. The highest BCUT2D eigenvalue weighted by Gasteiger charge is 2.21. The highest BCUT2D eigenvalue weighted by Crippen LogP contribution is 2.19.